The molecule has 6 heteroatoms. The predicted octanol–water partition coefficient (Wildman–Crippen LogP) is 4.40. The van der Waals surface area contributed by atoms with Crippen molar-refractivity contribution in [2.75, 3.05) is 5.32 Å². The van der Waals surface area contributed by atoms with Crippen LogP contribution in [0, 0.1) is 12.8 Å². The van der Waals surface area contributed by atoms with Crippen molar-refractivity contribution in [3.05, 3.63) is 42.2 Å². The molecule has 1 fully saturated rings. The van der Waals surface area contributed by atoms with E-state index in [1.807, 2.05) is 43.3 Å². The summed E-state index contributed by atoms with van der Waals surface area (Å²) in [7, 11) is 0. The van der Waals surface area contributed by atoms with Crippen LogP contribution >= 0.6 is 0 Å². The van der Waals surface area contributed by atoms with E-state index in [2.05, 4.69) is 20.6 Å². The van der Waals surface area contributed by atoms with Crippen molar-refractivity contribution in [2.24, 2.45) is 5.92 Å². The van der Waals surface area contributed by atoms with E-state index in [4.69, 9.17) is 0 Å². The topological polar surface area (TPSA) is 72.2 Å². The SMILES string of the molecule is Cc1nnc2ccc(-c3ccc(NC(=O)CCC4CCCCC4)cc3)nn12. The second kappa shape index (κ2) is 7.86. The Morgan fingerprint density at radius 1 is 1.07 bits per heavy atom. The number of aryl methyl sites for hydroxylation is 1. The van der Waals surface area contributed by atoms with E-state index in [0.717, 1.165) is 40.8 Å². The van der Waals surface area contributed by atoms with Crippen molar-refractivity contribution < 1.29 is 4.79 Å². The Labute approximate surface area is 159 Å². The lowest BCUT2D eigenvalue weighted by Gasteiger charge is -2.21. The molecule has 2 aromatic heterocycles. The summed E-state index contributed by atoms with van der Waals surface area (Å²) >= 11 is 0. The molecular formula is C21H25N5O. The summed E-state index contributed by atoms with van der Waals surface area (Å²) in [5.74, 6) is 1.59. The van der Waals surface area contributed by atoms with E-state index in [1.54, 1.807) is 4.52 Å². The summed E-state index contributed by atoms with van der Waals surface area (Å²) in [5.41, 5.74) is 3.40. The fourth-order valence-corrected chi connectivity index (χ4v) is 3.81. The number of aromatic nitrogens is 4. The number of carbonyl (C=O) groups excluding carboxylic acids is 1. The molecule has 2 heterocycles. The zero-order valence-electron chi connectivity index (χ0n) is 15.7. The van der Waals surface area contributed by atoms with Gasteiger partial charge >= 0.3 is 0 Å². The van der Waals surface area contributed by atoms with Gasteiger partial charge < -0.3 is 5.32 Å². The van der Waals surface area contributed by atoms with Crippen LogP contribution < -0.4 is 5.32 Å². The molecule has 0 atom stereocenters. The average molecular weight is 363 g/mol. The molecule has 1 aliphatic rings. The second-order valence-electron chi connectivity index (χ2n) is 7.40. The maximum Gasteiger partial charge on any atom is 0.224 e. The Balaban J connectivity index is 1.37. The van der Waals surface area contributed by atoms with Crippen LogP contribution in [0.25, 0.3) is 16.9 Å². The van der Waals surface area contributed by atoms with E-state index in [0.29, 0.717) is 6.42 Å². The largest absolute Gasteiger partial charge is 0.326 e. The summed E-state index contributed by atoms with van der Waals surface area (Å²) in [6, 6.07) is 11.6. The molecule has 0 bridgehead atoms. The van der Waals surface area contributed by atoms with Crippen molar-refractivity contribution in [2.45, 2.75) is 51.9 Å². The molecule has 6 nitrogen and oxygen atoms in total. The third kappa shape index (κ3) is 4.15. The first-order valence-corrected chi connectivity index (χ1v) is 9.78. The summed E-state index contributed by atoms with van der Waals surface area (Å²) in [6.07, 6.45) is 8.18. The zero-order valence-corrected chi connectivity index (χ0v) is 15.7. The van der Waals surface area contributed by atoms with Crippen molar-refractivity contribution in [1.82, 2.24) is 19.8 Å². The van der Waals surface area contributed by atoms with Gasteiger partial charge in [0.15, 0.2) is 11.5 Å². The number of anilines is 1. The Bertz CT molecular complexity index is 925. The highest BCUT2D eigenvalue weighted by Crippen LogP contribution is 2.27. The van der Waals surface area contributed by atoms with Crippen LogP contribution in [-0.4, -0.2) is 25.7 Å². The molecule has 0 spiro atoms. The van der Waals surface area contributed by atoms with Crippen LogP contribution in [-0.2, 0) is 4.79 Å². The molecule has 1 saturated carbocycles. The number of nitrogens with zero attached hydrogens (tertiary/aromatic N) is 4. The summed E-state index contributed by atoms with van der Waals surface area (Å²) in [6.45, 7) is 1.88. The standard InChI is InChI=1S/C21H25N5O/c1-15-23-24-20-13-12-19(25-26(15)20)17-8-10-18(11-9-17)22-21(27)14-7-16-5-3-2-4-6-16/h8-13,16H,2-7,14H2,1H3,(H,22,27). The minimum Gasteiger partial charge on any atom is -0.326 e. The van der Waals surface area contributed by atoms with Gasteiger partial charge in [-0.1, -0.05) is 44.2 Å². The van der Waals surface area contributed by atoms with E-state index >= 15 is 0 Å². The van der Waals surface area contributed by atoms with Gasteiger partial charge in [0.2, 0.25) is 5.91 Å². The van der Waals surface area contributed by atoms with Crippen LogP contribution in [0.1, 0.15) is 50.8 Å². The summed E-state index contributed by atoms with van der Waals surface area (Å²) < 4.78 is 1.73. The van der Waals surface area contributed by atoms with Crippen LogP contribution in [0.2, 0.25) is 0 Å². The molecule has 0 saturated heterocycles. The molecular weight excluding hydrogens is 338 g/mol. The molecule has 0 aliphatic heterocycles. The monoisotopic (exact) mass is 363 g/mol. The van der Waals surface area contributed by atoms with E-state index in [-0.39, 0.29) is 5.91 Å². The highest BCUT2D eigenvalue weighted by atomic mass is 16.1. The number of amides is 1. The fourth-order valence-electron chi connectivity index (χ4n) is 3.81. The number of nitrogens with one attached hydrogen (secondary N) is 1. The first-order chi connectivity index (χ1) is 13.2. The lowest BCUT2D eigenvalue weighted by Crippen LogP contribution is -2.14. The molecule has 1 N–H and O–H groups in total. The molecule has 140 valence electrons. The average Bonchev–Trinajstić information content (AvgIpc) is 3.08. The predicted molar refractivity (Wildman–Crippen MR) is 105 cm³/mol. The maximum atomic E-state index is 12.2. The third-order valence-electron chi connectivity index (χ3n) is 5.39. The van der Waals surface area contributed by atoms with E-state index < -0.39 is 0 Å². The van der Waals surface area contributed by atoms with Crippen LogP contribution in [0.5, 0.6) is 0 Å². The van der Waals surface area contributed by atoms with Gasteiger partial charge in [0, 0.05) is 17.7 Å². The molecule has 1 aromatic carbocycles. The van der Waals surface area contributed by atoms with Gasteiger partial charge in [-0.15, -0.1) is 10.2 Å². The number of hydrogen-bond acceptors (Lipinski definition) is 4. The van der Waals surface area contributed by atoms with Gasteiger partial charge in [-0.2, -0.15) is 9.61 Å². The van der Waals surface area contributed by atoms with Gasteiger partial charge in [0.05, 0.1) is 5.69 Å². The van der Waals surface area contributed by atoms with E-state index in [9.17, 15) is 4.79 Å². The molecule has 1 aliphatic carbocycles. The van der Waals surface area contributed by atoms with Gasteiger partial charge in [-0.3, -0.25) is 4.79 Å². The molecule has 27 heavy (non-hydrogen) atoms. The third-order valence-corrected chi connectivity index (χ3v) is 5.39. The van der Waals surface area contributed by atoms with Crippen molar-refractivity contribution in [3.63, 3.8) is 0 Å². The number of fused-ring (bicyclic) bond motifs is 1. The number of rotatable bonds is 5. The maximum absolute atomic E-state index is 12.2. The molecule has 0 unspecified atom stereocenters. The number of carbonyl (C=O) groups is 1. The lowest BCUT2D eigenvalue weighted by molar-refractivity contribution is -0.116. The Morgan fingerprint density at radius 3 is 2.63 bits per heavy atom. The normalized spacial score (nSPS) is 15.1. The summed E-state index contributed by atoms with van der Waals surface area (Å²) in [4.78, 5) is 12.2. The quantitative estimate of drug-likeness (QED) is 0.729. The fraction of sp³-hybridized carbons (Fsp3) is 0.429. The number of hydrogen-bond donors (Lipinski definition) is 1. The zero-order chi connectivity index (χ0) is 18.6. The molecule has 4 rings (SSSR count). The van der Waals surface area contributed by atoms with Gasteiger partial charge in [0.25, 0.3) is 0 Å². The van der Waals surface area contributed by atoms with Crippen LogP contribution in [0.15, 0.2) is 36.4 Å². The number of benzene rings is 1. The first-order valence-electron chi connectivity index (χ1n) is 9.78. The Kier molecular flexibility index (Phi) is 5.14. The summed E-state index contributed by atoms with van der Waals surface area (Å²) in [5, 5.41) is 15.7. The minimum absolute atomic E-state index is 0.105. The minimum atomic E-state index is 0.105. The second-order valence-corrected chi connectivity index (χ2v) is 7.40. The Morgan fingerprint density at radius 2 is 1.85 bits per heavy atom. The molecule has 1 amide bonds. The van der Waals surface area contributed by atoms with E-state index in [1.165, 1.54) is 32.1 Å². The lowest BCUT2D eigenvalue weighted by atomic mass is 9.86. The van der Waals surface area contributed by atoms with Crippen molar-refractivity contribution >= 4 is 17.2 Å². The van der Waals surface area contributed by atoms with Crippen LogP contribution in [0.3, 0.4) is 0 Å². The highest BCUT2D eigenvalue weighted by Gasteiger charge is 2.15. The molecule has 3 aromatic rings. The Hall–Kier alpha value is -2.76. The van der Waals surface area contributed by atoms with Gasteiger partial charge in [-0.25, -0.2) is 0 Å². The molecule has 0 radical (unpaired) electrons. The smallest absolute Gasteiger partial charge is 0.224 e. The highest BCUT2D eigenvalue weighted by molar-refractivity contribution is 5.90. The van der Waals surface area contributed by atoms with Crippen molar-refractivity contribution in [1.29, 1.82) is 0 Å². The van der Waals surface area contributed by atoms with Crippen LogP contribution in [0.4, 0.5) is 5.69 Å². The van der Waals surface area contributed by atoms with Crippen molar-refractivity contribution in [3.8, 4) is 11.3 Å². The first kappa shape index (κ1) is 17.6. The van der Waals surface area contributed by atoms with Gasteiger partial charge in [0.1, 0.15) is 0 Å². The van der Waals surface area contributed by atoms with Gasteiger partial charge in [-0.05, 0) is 43.5 Å².